The molecular formula is C15H10BrCl5N2O. The van der Waals surface area contributed by atoms with Crippen LogP contribution in [-0.2, 0) is 0 Å². The van der Waals surface area contributed by atoms with Crippen molar-refractivity contribution >= 4 is 85.5 Å². The highest BCUT2D eigenvalue weighted by Crippen LogP contribution is 2.32. The summed E-state index contributed by atoms with van der Waals surface area (Å²) in [5.74, 6) is -0.397. The number of hydrogen-bond donors (Lipinski definition) is 2. The number of amides is 1. The number of alkyl halides is 3. The summed E-state index contributed by atoms with van der Waals surface area (Å²) in [4.78, 5) is 12.3. The lowest BCUT2D eigenvalue weighted by Gasteiger charge is -2.27. The number of anilines is 1. The molecular weight excluding hydrogens is 481 g/mol. The summed E-state index contributed by atoms with van der Waals surface area (Å²) in [6, 6.07) is 11.6. The lowest BCUT2D eigenvalue weighted by molar-refractivity contribution is 0.0942. The fourth-order valence-electron chi connectivity index (χ4n) is 1.77. The van der Waals surface area contributed by atoms with E-state index in [1.165, 1.54) is 0 Å². The van der Waals surface area contributed by atoms with Crippen LogP contribution in [0.15, 0.2) is 46.9 Å². The monoisotopic (exact) mass is 488 g/mol. The van der Waals surface area contributed by atoms with Gasteiger partial charge in [-0.2, -0.15) is 0 Å². The quantitative estimate of drug-likeness (QED) is 0.390. The summed E-state index contributed by atoms with van der Waals surface area (Å²) in [5, 5.41) is 6.29. The minimum absolute atomic E-state index is 0.337. The van der Waals surface area contributed by atoms with E-state index >= 15 is 0 Å². The Hall–Kier alpha value is -0.360. The number of carbonyl (C=O) groups excluding carboxylic acids is 1. The first-order valence-electron chi connectivity index (χ1n) is 6.51. The molecule has 0 radical (unpaired) electrons. The predicted octanol–water partition coefficient (Wildman–Crippen LogP) is 6.29. The smallest absolute Gasteiger partial charge is 0.252 e. The van der Waals surface area contributed by atoms with Crippen molar-refractivity contribution in [1.29, 1.82) is 0 Å². The van der Waals surface area contributed by atoms with Gasteiger partial charge in [-0.25, -0.2) is 0 Å². The molecule has 3 nitrogen and oxygen atoms in total. The fraction of sp³-hybridized carbons (Fsp3) is 0.133. The molecule has 0 aliphatic carbocycles. The van der Waals surface area contributed by atoms with Gasteiger partial charge in [-0.15, -0.1) is 0 Å². The average Bonchev–Trinajstić information content (AvgIpc) is 2.50. The molecule has 2 rings (SSSR count). The number of halogens is 6. The van der Waals surface area contributed by atoms with Crippen molar-refractivity contribution in [1.82, 2.24) is 5.32 Å². The molecule has 0 aliphatic heterocycles. The molecule has 0 heterocycles. The van der Waals surface area contributed by atoms with Crippen molar-refractivity contribution in [3.05, 3.63) is 62.5 Å². The zero-order valence-corrected chi connectivity index (χ0v) is 17.2. The largest absolute Gasteiger partial charge is 0.362 e. The highest BCUT2D eigenvalue weighted by Gasteiger charge is 2.34. The molecule has 0 saturated heterocycles. The molecule has 1 amide bonds. The fourth-order valence-corrected chi connectivity index (χ4v) is 2.66. The predicted molar refractivity (Wildman–Crippen MR) is 106 cm³/mol. The third-order valence-electron chi connectivity index (χ3n) is 2.94. The van der Waals surface area contributed by atoms with E-state index in [1.807, 2.05) is 0 Å². The van der Waals surface area contributed by atoms with Crippen molar-refractivity contribution in [3.8, 4) is 0 Å². The molecule has 128 valence electrons. The molecule has 0 aliphatic rings. The second kappa shape index (κ2) is 8.35. The van der Waals surface area contributed by atoms with E-state index in [1.54, 1.807) is 42.5 Å². The number of rotatable bonds is 4. The molecule has 2 aromatic rings. The zero-order valence-electron chi connectivity index (χ0n) is 11.8. The summed E-state index contributed by atoms with van der Waals surface area (Å²) in [5.41, 5.74) is 0.963. The molecule has 1 atom stereocenters. The van der Waals surface area contributed by atoms with Crippen LogP contribution in [0.25, 0.3) is 0 Å². The Bertz CT molecular complexity index is 734. The van der Waals surface area contributed by atoms with Crippen LogP contribution < -0.4 is 10.6 Å². The van der Waals surface area contributed by atoms with Crippen LogP contribution in [-0.4, -0.2) is 15.9 Å². The van der Waals surface area contributed by atoms with E-state index in [9.17, 15) is 4.79 Å². The van der Waals surface area contributed by atoms with Gasteiger partial charge in [0.2, 0.25) is 3.79 Å². The van der Waals surface area contributed by atoms with E-state index in [-0.39, 0.29) is 0 Å². The molecule has 0 saturated carbocycles. The van der Waals surface area contributed by atoms with Gasteiger partial charge in [-0.1, -0.05) is 73.9 Å². The van der Waals surface area contributed by atoms with E-state index in [4.69, 9.17) is 58.0 Å². The molecule has 24 heavy (non-hydrogen) atoms. The van der Waals surface area contributed by atoms with Crippen molar-refractivity contribution in [2.45, 2.75) is 9.96 Å². The summed E-state index contributed by atoms with van der Waals surface area (Å²) in [6.45, 7) is 0. The Morgan fingerprint density at radius 1 is 1.00 bits per heavy atom. The van der Waals surface area contributed by atoms with Crippen LogP contribution in [0.4, 0.5) is 5.69 Å². The van der Waals surface area contributed by atoms with Crippen molar-refractivity contribution in [2.75, 3.05) is 5.32 Å². The van der Waals surface area contributed by atoms with Gasteiger partial charge in [0.15, 0.2) is 0 Å². The molecule has 2 aromatic carbocycles. The zero-order chi connectivity index (χ0) is 17.9. The van der Waals surface area contributed by atoms with E-state index in [0.29, 0.717) is 21.3 Å². The van der Waals surface area contributed by atoms with Crippen LogP contribution in [0.5, 0.6) is 0 Å². The number of hydrogen-bond acceptors (Lipinski definition) is 2. The van der Waals surface area contributed by atoms with Crippen LogP contribution in [0, 0.1) is 0 Å². The van der Waals surface area contributed by atoms with Crippen LogP contribution in [0.2, 0.25) is 10.0 Å². The highest BCUT2D eigenvalue weighted by atomic mass is 79.9. The topological polar surface area (TPSA) is 41.1 Å². The van der Waals surface area contributed by atoms with Gasteiger partial charge in [-0.3, -0.25) is 4.79 Å². The van der Waals surface area contributed by atoms with Crippen molar-refractivity contribution < 1.29 is 4.79 Å². The SMILES string of the molecule is O=C(N[C@H](Nc1ccc(Cl)c(Cl)c1)C(Cl)(Cl)Cl)c1ccc(Br)cc1. The van der Waals surface area contributed by atoms with Crippen LogP contribution in [0.3, 0.4) is 0 Å². The number of benzene rings is 2. The maximum atomic E-state index is 12.3. The summed E-state index contributed by atoms with van der Waals surface area (Å²) in [7, 11) is 0. The van der Waals surface area contributed by atoms with Gasteiger partial charge < -0.3 is 10.6 Å². The second-order valence-corrected chi connectivity index (χ2v) is 8.83. The Morgan fingerprint density at radius 3 is 2.17 bits per heavy atom. The first-order valence-corrected chi connectivity index (χ1v) is 9.20. The van der Waals surface area contributed by atoms with Gasteiger partial charge in [0.05, 0.1) is 10.0 Å². The standard InChI is InChI=1S/C15H10BrCl5N2O/c16-9-3-1-8(2-4-9)13(24)23-14(15(19,20)21)22-10-5-6-11(17)12(18)7-10/h1-7,14,22H,(H,23,24)/t14-/m0/s1. The molecule has 0 bridgehead atoms. The Balaban J connectivity index is 2.18. The average molecular weight is 491 g/mol. The molecule has 0 spiro atoms. The van der Waals surface area contributed by atoms with Gasteiger partial charge in [-0.05, 0) is 42.5 Å². The maximum absolute atomic E-state index is 12.3. The Morgan fingerprint density at radius 2 is 1.62 bits per heavy atom. The van der Waals surface area contributed by atoms with E-state index in [2.05, 4.69) is 26.6 Å². The van der Waals surface area contributed by atoms with Gasteiger partial charge in [0, 0.05) is 15.7 Å². The second-order valence-electron chi connectivity index (χ2n) is 4.73. The Labute approximate surface area is 172 Å². The number of nitrogens with one attached hydrogen (secondary N) is 2. The number of carbonyl (C=O) groups is 1. The third-order valence-corrected chi connectivity index (χ3v) is 4.86. The van der Waals surface area contributed by atoms with Gasteiger partial charge >= 0.3 is 0 Å². The van der Waals surface area contributed by atoms with Gasteiger partial charge in [0.1, 0.15) is 6.17 Å². The summed E-state index contributed by atoms with van der Waals surface area (Å²) >= 11 is 33.0. The lowest BCUT2D eigenvalue weighted by Crippen LogP contribution is -2.49. The van der Waals surface area contributed by atoms with E-state index < -0.39 is 15.9 Å². The minimum atomic E-state index is -1.79. The van der Waals surface area contributed by atoms with Crippen molar-refractivity contribution in [2.24, 2.45) is 0 Å². The summed E-state index contributed by atoms with van der Waals surface area (Å²) < 4.78 is -0.942. The van der Waals surface area contributed by atoms with E-state index in [0.717, 1.165) is 4.47 Å². The van der Waals surface area contributed by atoms with Gasteiger partial charge in [0.25, 0.3) is 5.91 Å². The highest BCUT2D eigenvalue weighted by molar-refractivity contribution is 9.10. The molecule has 2 N–H and O–H groups in total. The van der Waals surface area contributed by atoms with Crippen LogP contribution in [0.1, 0.15) is 10.4 Å². The minimum Gasteiger partial charge on any atom is -0.362 e. The normalized spacial score (nSPS) is 12.6. The summed E-state index contributed by atoms with van der Waals surface area (Å²) in [6.07, 6.45) is -0.990. The molecule has 0 unspecified atom stereocenters. The lowest BCUT2D eigenvalue weighted by atomic mass is 10.2. The molecule has 0 fully saturated rings. The molecule has 0 aromatic heterocycles. The molecule has 9 heteroatoms. The first-order chi connectivity index (χ1) is 11.2. The van der Waals surface area contributed by atoms with Crippen LogP contribution >= 0.6 is 73.9 Å². The third kappa shape index (κ3) is 5.58. The first kappa shape index (κ1) is 20.0. The Kier molecular flexibility index (Phi) is 6.94. The maximum Gasteiger partial charge on any atom is 0.252 e. The van der Waals surface area contributed by atoms with Crippen molar-refractivity contribution in [3.63, 3.8) is 0 Å².